The van der Waals surface area contributed by atoms with E-state index < -0.39 is 10.0 Å². The number of nitrogens with one attached hydrogen (secondary N) is 2. The summed E-state index contributed by atoms with van der Waals surface area (Å²) in [6.45, 7) is 0. The maximum absolute atomic E-state index is 12.4. The van der Waals surface area contributed by atoms with Crippen molar-refractivity contribution < 1.29 is 8.42 Å². The van der Waals surface area contributed by atoms with Crippen LogP contribution in [0, 0.1) is 3.57 Å². The number of hydrogen-bond donors (Lipinski definition) is 2. The van der Waals surface area contributed by atoms with Crippen LogP contribution in [-0.4, -0.2) is 26.5 Å². The number of rotatable bonds is 3. The second-order valence-electron chi connectivity index (χ2n) is 5.38. The van der Waals surface area contributed by atoms with Crippen molar-refractivity contribution in [3.63, 3.8) is 0 Å². The summed E-state index contributed by atoms with van der Waals surface area (Å²) in [6.07, 6.45) is 4.15. The van der Waals surface area contributed by atoms with Crippen molar-refractivity contribution in [2.45, 2.75) is 48.7 Å². The predicted octanol–water partition coefficient (Wildman–Crippen LogP) is 1.85. The molecule has 4 nitrogen and oxygen atoms in total. The Bertz CT molecular complexity index is 564. The zero-order valence-electron chi connectivity index (χ0n) is 10.5. The molecule has 1 aromatic rings. The van der Waals surface area contributed by atoms with Gasteiger partial charge in [0.15, 0.2) is 0 Å². The molecule has 2 heterocycles. The molecule has 6 heteroatoms. The van der Waals surface area contributed by atoms with Gasteiger partial charge in [-0.05, 0) is 66.5 Å². The molecule has 2 saturated heterocycles. The van der Waals surface area contributed by atoms with Crippen molar-refractivity contribution in [1.29, 1.82) is 0 Å². The highest BCUT2D eigenvalue weighted by Crippen LogP contribution is 2.27. The van der Waals surface area contributed by atoms with Crippen LogP contribution in [-0.2, 0) is 10.0 Å². The molecule has 0 saturated carbocycles. The lowest BCUT2D eigenvalue weighted by atomic mass is 10.0. The Morgan fingerprint density at radius 2 is 1.89 bits per heavy atom. The number of hydrogen-bond acceptors (Lipinski definition) is 3. The monoisotopic (exact) mass is 392 g/mol. The molecule has 0 aliphatic carbocycles. The number of halogens is 1. The van der Waals surface area contributed by atoms with Gasteiger partial charge >= 0.3 is 0 Å². The van der Waals surface area contributed by atoms with Gasteiger partial charge in [0, 0.05) is 21.7 Å². The standard InChI is InChI=1S/C13H17IN2O2S/c14-9-2-1-3-13(6-9)19(17,18)16-12-7-10-4-5-11(8-12)15-10/h1-3,6,10-12,15-16H,4-5,7-8H2. The number of piperidine rings is 1. The first-order chi connectivity index (χ1) is 9.03. The molecule has 19 heavy (non-hydrogen) atoms. The van der Waals surface area contributed by atoms with E-state index in [0.717, 1.165) is 16.4 Å². The third kappa shape index (κ3) is 3.12. The highest BCUT2D eigenvalue weighted by molar-refractivity contribution is 14.1. The minimum Gasteiger partial charge on any atom is -0.311 e. The number of benzene rings is 1. The normalized spacial score (nSPS) is 30.5. The summed E-state index contributed by atoms with van der Waals surface area (Å²) < 4.78 is 28.5. The molecular formula is C13H17IN2O2S. The molecule has 0 aromatic heterocycles. The van der Waals surface area contributed by atoms with Gasteiger partial charge in [-0.2, -0.15) is 0 Å². The van der Waals surface area contributed by atoms with Crippen LogP contribution in [0.1, 0.15) is 25.7 Å². The van der Waals surface area contributed by atoms with Crippen LogP contribution in [0.2, 0.25) is 0 Å². The lowest BCUT2D eigenvalue weighted by molar-refractivity contribution is 0.345. The summed E-state index contributed by atoms with van der Waals surface area (Å²) in [7, 11) is -3.38. The molecule has 104 valence electrons. The van der Waals surface area contributed by atoms with E-state index in [4.69, 9.17) is 0 Å². The van der Waals surface area contributed by atoms with E-state index in [9.17, 15) is 8.42 Å². The Labute approximate surface area is 127 Å². The molecule has 2 aliphatic heterocycles. The van der Waals surface area contributed by atoms with E-state index in [1.54, 1.807) is 18.2 Å². The van der Waals surface area contributed by atoms with E-state index in [2.05, 4.69) is 32.6 Å². The van der Waals surface area contributed by atoms with Gasteiger partial charge in [0.1, 0.15) is 0 Å². The molecule has 0 spiro atoms. The van der Waals surface area contributed by atoms with Crippen LogP contribution in [0.3, 0.4) is 0 Å². The number of sulfonamides is 1. The van der Waals surface area contributed by atoms with E-state index >= 15 is 0 Å². The largest absolute Gasteiger partial charge is 0.311 e. The van der Waals surface area contributed by atoms with Gasteiger partial charge in [0.2, 0.25) is 10.0 Å². The molecule has 0 amide bonds. The average Bonchev–Trinajstić information content (AvgIpc) is 2.68. The Kier molecular flexibility index (Phi) is 3.85. The molecule has 2 aliphatic rings. The second-order valence-corrected chi connectivity index (χ2v) is 8.34. The zero-order valence-corrected chi connectivity index (χ0v) is 13.4. The maximum atomic E-state index is 12.4. The van der Waals surface area contributed by atoms with E-state index in [1.807, 2.05) is 6.07 Å². The third-order valence-electron chi connectivity index (χ3n) is 3.90. The van der Waals surface area contributed by atoms with Crippen molar-refractivity contribution in [2.24, 2.45) is 0 Å². The lowest BCUT2D eigenvalue weighted by Gasteiger charge is -2.29. The van der Waals surface area contributed by atoms with E-state index in [-0.39, 0.29) is 6.04 Å². The smallest absolute Gasteiger partial charge is 0.240 e. The highest BCUT2D eigenvalue weighted by Gasteiger charge is 2.35. The molecular weight excluding hydrogens is 375 g/mol. The highest BCUT2D eigenvalue weighted by atomic mass is 127. The quantitative estimate of drug-likeness (QED) is 0.773. The van der Waals surface area contributed by atoms with Crippen LogP contribution in [0.5, 0.6) is 0 Å². The first-order valence-electron chi connectivity index (χ1n) is 6.57. The van der Waals surface area contributed by atoms with Crippen LogP contribution < -0.4 is 10.0 Å². The fraction of sp³-hybridized carbons (Fsp3) is 0.538. The molecule has 2 fully saturated rings. The second kappa shape index (κ2) is 5.31. The van der Waals surface area contributed by atoms with Crippen LogP contribution in [0.15, 0.2) is 29.2 Å². The Morgan fingerprint density at radius 1 is 1.21 bits per heavy atom. The van der Waals surface area contributed by atoms with Gasteiger partial charge in [0.05, 0.1) is 4.90 Å². The van der Waals surface area contributed by atoms with Crippen molar-refractivity contribution >= 4 is 32.6 Å². The lowest BCUT2D eigenvalue weighted by Crippen LogP contribution is -2.47. The summed E-state index contributed by atoms with van der Waals surface area (Å²) in [4.78, 5) is 0.366. The Balaban J connectivity index is 1.75. The van der Waals surface area contributed by atoms with E-state index in [1.165, 1.54) is 12.8 Å². The zero-order chi connectivity index (χ0) is 13.5. The topological polar surface area (TPSA) is 58.2 Å². The summed E-state index contributed by atoms with van der Waals surface area (Å²) >= 11 is 2.13. The van der Waals surface area contributed by atoms with Crippen molar-refractivity contribution in [2.75, 3.05) is 0 Å². The minimum absolute atomic E-state index is 0.0709. The SMILES string of the molecule is O=S(=O)(NC1CC2CCC(C1)N2)c1cccc(I)c1. The van der Waals surface area contributed by atoms with Crippen molar-refractivity contribution in [3.05, 3.63) is 27.8 Å². The minimum atomic E-state index is -3.38. The third-order valence-corrected chi connectivity index (χ3v) is 6.09. The van der Waals surface area contributed by atoms with Crippen LogP contribution in [0.25, 0.3) is 0 Å². The van der Waals surface area contributed by atoms with Gasteiger partial charge in [0.25, 0.3) is 0 Å². The van der Waals surface area contributed by atoms with Gasteiger partial charge in [-0.25, -0.2) is 13.1 Å². The van der Waals surface area contributed by atoms with Gasteiger partial charge in [-0.15, -0.1) is 0 Å². The van der Waals surface area contributed by atoms with Crippen molar-refractivity contribution in [1.82, 2.24) is 10.0 Å². The average molecular weight is 392 g/mol. The number of fused-ring (bicyclic) bond motifs is 2. The van der Waals surface area contributed by atoms with Crippen LogP contribution >= 0.6 is 22.6 Å². The molecule has 0 radical (unpaired) electrons. The van der Waals surface area contributed by atoms with Gasteiger partial charge < -0.3 is 5.32 Å². The summed E-state index contributed by atoms with van der Waals surface area (Å²) in [5, 5.41) is 3.52. The van der Waals surface area contributed by atoms with Gasteiger partial charge in [-0.1, -0.05) is 6.07 Å². The molecule has 2 N–H and O–H groups in total. The van der Waals surface area contributed by atoms with Crippen LogP contribution in [0.4, 0.5) is 0 Å². The molecule has 2 atom stereocenters. The molecule has 1 aromatic carbocycles. The predicted molar refractivity (Wildman–Crippen MR) is 82.4 cm³/mol. The fourth-order valence-corrected chi connectivity index (χ4v) is 5.14. The Morgan fingerprint density at radius 3 is 2.53 bits per heavy atom. The summed E-state index contributed by atoms with van der Waals surface area (Å²) in [5.41, 5.74) is 0. The Hall–Kier alpha value is -0.180. The summed E-state index contributed by atoms with van der Waals surface area (Å²) in [5.74, 6) is 0. The molecule has 2 unspecified atom stereocenters. The maximum Gasteiger partial charge on any atom is 0.240 e. The first-order valence-corrected chi connectivity index (χ1v) is 9.13. The first kappa shape index (κ1) is 13.8. The molecule has 3 rings (SSSR count). The van der Waals surface area contributed by atoms with Gasteiger partial charge in [-0.3, -0.25) is 0 Å². The molecule has 2 bridgehead atoms. The summed E-state index contributed by atoms with van der Waals surface area (Å²) in [6, 6.07) is 8.08. The van der Waals surface area contributed by atoms with E-state index in [0.29, 0.717) is 17.0 Å². The fourth-order valence-electron chi connectivity index (χ4n) is 3.08. The van der Waals surface area contributed by atoms with Crippen molar-refractivity contribution in [3.8, 4) is 0 Å².